The molecule has 0 radical (unpaired) electrons. The van der Waals surface area contributed by atoms with Crippen molar-refractivity contribution >= 4 is 15.9 Å². The molecule has 1 aliphatic carbocycles. The van der Waals surface area contributed by atoms with E-state index in [-0.39, 0.29) is 10.5 Å². The van der Waals surface area contributed by atoms with Gasteiger partial charge in [0.25, 0.3) is 0 Å². The number of hydrogen-bond donors (Lipinski definition) is 1. The molecule has 4 heteroatoms. The highest BCUT2D eigenvalue weighted by Gasteiger charge is 2.23. The smallest absolute Gasteiger partial charge is 0.173 e. The fraction of sp³-hybridized carbons (Fsp3) is 0.500. The van der Waals surface area contributed by atoms with Crippen molar-refractivity contribution in [2.24, 2.45) is 11.7 Å². The fourth-order valence-electron chi connectivity index (χ4n) is 2.04. The molecule has 1 nitrogen and oxygen atoms in total. The van der Waals surface area contributed by atoms with Crippen molar-refractivity contribution in [3.8, 4) is 0 Å². The van der Waals surface area contributed by atoms with E-state index in [4.69, 9.17) is 5.73 Å². The Morgan fingerprint density at radius 3 is 2.62 bits per heavy atom. The van der Waals surface area contributed by atoms with Gasteiger partial charge in [-0.1, -0.05) is 25.3 Å². The summed E-state index contributed by atoms with van der Waals surface area (Å²) in [5, 5.41) is 0. The Bertz CT molecular complexity index is 391. The van der Waals surface area contributed by atoms with Crippen LogP contribution in [0.25, 0.3) is 0 Å². The highest BCUT2D eigenvalue weighted by molar-refractivity contribution is 9.10. The quantitative estimate of drug-likeness (QED) is 0.839. The van der Waals surface area contributed by atoms with Crippen LogP contribution in [-0.2, 0) is 0 Å². The number of benzene rings is 1. The number of halogens is 3. The van der Waals surface area contributed by atoms with Crippen molar-refractivity contribution in [1.82, 2.24) is 0 Å². The fourth-order valence-corrected chi connectivity index (χ4v) is 2.66. The average Bonchev–Trinajstić information content (AvgIpc) is 2.20. The maximum atomic E-state index is 13.3. The Kier molecular flexibility index (Phi) is 3.60. The number of nitrogens with two attached hydrogens (primary N) is 1. The van der Waals surface area contributed by atoms with Crippen LogP contribution in [0, 0.1) is 17.6 Å². The van der Waals surface area contributed by atoms with Crippen molar-refractivity contribution in [3.63, 3.8) is 0 Å². The second-order valence-electron chi connectivity index (χ2n) is 4.40. The molecule has 1 aromatic rings. The van der Waals surface area contributed by atoms with E-state index in [0.29, 0.717) is 11.5 Å². The van der Waals surface area contributed by atoms with Crippen LogP contribution < -0.4 is 5.73 Å². The molecule has 0 aliphatic heterocycles. The van der Waals surface area contributed by atoms with Gasteiger partial charge in [0.2, 0.25) is 0 Å². The Labute approximate surface area is 102 Å². The van der Waals surface area contributed by atoms with Crippen molar-refractivity contribution in [2.75, 3.05) is 0 Å². The largest absolute Gasteiger partial charge is 0.324 e. The van der Waals surface area contributed by atoms with Gasteiger partial charge in [0.1, 0.15) is 0 Å². The van der Waals surface area contributed by atoms with Crippen LogP contribution in [0.15, 0.2) is 16.6 Å². The van der Waals surface area contributed by atoms with E-state index in [1.807, 2.05) is 0 Å². The van der Waals surface area contributed by atoms with Crippen LogP contribution in [0.2, 0.25) is 0 Å². The monoisotopic (exact) mass is 289 g/mol. The average molecular weight is 290 g/mol. The first kappa shape index (κ1) is 12.0. The van der Waals surface area contributed by atoms with Gasteiger partial charge < -0.3 is 5.73 Å². The molecule has 16 heavy (non-hydrogen) atoms. The minimum atomic E-state index is -0.846. The molecule has 0 amide bonds. The molecule has 1 fully saturated rings. The zero-order valence-electron chi connectivity index (χ0n) is 8.85. The van der Waals surface area contributed by atoms with Crippen LogP contribution in [-0.4, -0.2) is 0 Å². The van der Waals surface area contributed by atoms with Gasteiger partial charge in [-0.15, -0.1) is 0 Å². The lowest BCUT2D eigenvalue weighted by molar-refractivity contribution is 0.277. The van der Waals surface area contributed by atoms with Gasteiger partial charge in [-0.2, -0.15) is 0 Å². The van der Waals surface area contributed by atoms with Gasteiger partial charge in [-0.3, -0.25) is 0 Å². The third kappa shape index (κ3) is 2.28. The molecule has 0 saturated heterocycles. The minimum absolute atomic E-state index is 0.166. The van der Waals surface area contributed by atoms with Crippen molar-refractivity contribution in [2.45, 2.75) is 31.7 Å². The van der Waals surface area contributed by atoms with Crippen LogP contribution >= 0.6 is 15.9 Å². The summed E-state index contributed by atoms with van der Waals surface area (Å²) in [4.78, 5) is 0. The summed E-state index contributed by atoms with van der Waals surface area (Å²) in [5.74, 6) is -1.04. The topological polar surface area (TPSA) is 26.0 Å². The number of rotatable bonds is 3. The lowest BCUT2D eigenvalue weighted by atomic mass is 9.80. The third-order valence-electron chi connectivity index (χ3n) is 3.28. The Morgan fingerprint density at radius 2 is 2.06 bits per heavy atom. The van der Waals surface area contributed by atoms with Gasteiger partial charge in [-0.05, 0) is 39.9 Å². The van der Waals surface area contributed by atoms with Crippen molar-refractivity contribution in [3.05, 3.63) is 33.8 Å². The van der Waals surface area contributed by atoms with Crippen LogP contribution in [0.3, 0.4) is 0 Å². The summed E-state index contributed by atoms with van der Waals surface area (Å²) >= 11 is 3.07. The minimum Gasteiger partial charge on any atom is -0.324 e. The van der Waals surface area contributed by atoms with E-state index >= 15 is 0 Å². The van der Waals surface area contributed by atoms with E-state index in [1.54, 1.807) is 6.07 Å². The van der Waals surface area contributed by atoms with E-state index in [1.165, 1.54) is 19.3 Å². The molecular weight excluding hydrogens is 276 g/mol. The predicted molar refractivity (Wildman–Crippen MR) is 62.9 cm³/mol. The normalized spacial score (nSPS) is 18.2. The second kappa shape index (κ2) is 4.80. The Balaban J connectivity index is 2.15. The maximum absolute atomic E-state index is 13.3. The van der Waals surface area contributed by atoms with E-state index in [2.05, 4.69) is 15.9 Å². The lowest BCUT2D eigenvalue weighted by Gasteiger charge is -2.28. The second-order valence-corrected chi connectivity index (χ2v) is 5.20. The van der Waals surface area contributed by atoms with Gasteiger partial charge >= 0.3 is 0 Å². The first-order chi connectivity index (χ1) is 7.59. The lowest BCUT2D eigenvalue weighted by Crippen LogP contribution is -2.20. The summed E-state index contributed by atoms with van der Waals surface area (Å²) in [6, 6.07) is 2.48. The first-order valence-corrected chi connectivity index (χ1v) is 6.28. The van der Waals surface area contributed by atoms with E-state index < -0.39 is 11.6 Å². The number of hydrogen-bond acceptors (Lipinski definition) is 1. The molecule has 1 aliphatic rings. The maximum Gasteiger partial charge on any atom is 0.173 e. The molecule has 2 rings (SSSR count). The zero-order valence-corrected chi connectivity index (χ0v) is 10.4. The molecule has 0 aromatic heterocycles. The zero-order chi connectivity index (χ0) is 11.7. The van der Waals surface area contributed by atoms with Gasteiger partial charge in [-0.25, -0.2) is 8.78 Å². The summed E-state index contributed by atoms with van der Waals surface area (Å²) in [6.07, 6.45) is 4.52. The SMILES string of the molecule is NC(CC1CCC1)c1ccc(F)c(F)c1Br. The summed E-state index contributed by atoms with van der Waals surface area (Å²) < 4.78 is 26.4. The molecule has 1 saturated carbocycles. The standard InChI is InChI=1S/C12H14BrF2N/c13-11-8(4-5-9(14)12(11)15)10(16)6-7-2-1-3-7/h4-5,7,10H,1-3,6,16H2. The van der Waals surface area contributed by atoms with Crippen molar-refractivity contribution in [1.29, 1.82) is 0 Å². The highest BCUT2D eigenvalue weighted by atomic mass is 79.9. The summed E-state index contributed by atoms with van der Waals surface area (Å²) in [6.45, 7) is 0. The van der Waals surface area contributed by atoms with Gasteiger partial charge in [0.05, 0.1) is 4.47 Å². The van der Waals surface area contributed by atoms with Crippen LogP contribution in [0.5, 0.6) is 0 Å². The molecular formula is C12H14BrF2N. The van der Waals surface area contributed by atoms with Gasteiger partial charge in [0.15, 0.2) is 11.6 Å². The molecule has 0 spiro atoms. The van der Waals surface area contributed by atoms with Crippen LogP contribution in [0.4, 0.5) is 8.78 Å². The molecule has 2 N–H and O–H groups in total. The van der Waals surface area contributed by atoms with Gasteiger partial charge in [0, 0.05) is 6.04 Å². The Hall–Kier alpha value is -0.480. The molecule has 1 aromatic carbocycles. The molecule has 1 atom stereocenters. The predicted octanol–water partition coefficient (Wildman–Crippen LogP) is 3.92. The van der Waals surface area contributed by atoms with Crippen molar-refractivity contribution < 1.29 is 8.78 Å². The highest BCUT2D eigenvalue weighted by Crippen LogP contribution is 2.36. The molecule has 0 bridgehead atoms. The van der Waals surface area contributed by atoms with Crippen LogP contribution in [0.1, 0.15) is 37.3 Å². The van der Waals surface area contributed by atoms with E-state index in [0.717, 1.165) is 12.5 Å². The Morgan fingerprint density at radius 1 is 1.38 bits per heavy atom. The summed E-state index contributed by atoms with van der Waals surface area (Å²) in [7, 11) is 0. The third-order valence-corrected chi connectivity index (χ3v) is 4.08. The molecule has 1 unspecified atom stereocenters. The van der Waals surface area contributed by atoms with E-state index in [9.17, 15) is 8.78 Å². The first-order valence-electron chi connectivity index (χ1n) is 5.48. The summed E-state index contributed by atoms with van der Waals surface area (Å²) in [5.41, 5.74) is 6.66. The molecule has 0 heterocycles. The molecule has 88 valence electrons.